The zero-order chi connectivity index (χ0) is 61.1. The molecule has 0 saturated carbocycles. The summed E-state index contributed by atoms with van der Waals surface area (Å²) in [7, 11) is 0. The van der Waals surface area contributed by atoms with E-state index in [0.29, 0.717) is 78.2 Å². The van der Waals surface area contributed by atoms with E-state index in [-0.39, 0.29) is 52.1 Å². The molecule has 0 N–H and O–H groups in total. The van der Waals surface area contributed by atoms with Crippen LogP contribution in [-0.2, 0) is 57.2 Å². The Morgan fingerprint density at radius 3 is 0.432 bits per heavy atom. The number of carbonyl (C=O) groups excluding carboxylic acids is 6. The molecule has 0 aliphatic carbocycles. The summed E-state index contributed by atoms with van der Waals surface area (Å²) in [4.78, 5) is 71.0. The molecular formula is C69H132O12. The van der Waals surface area contributed by atoms with Gasteiger partial charge in [-0.15, -0.1) is 0 Å². The number of carbonyl (C=O) groups is 6. The molecule has 0 aromatic carbocycles. The van der Waals surface area contributed by atoms with Crippen LogP contribution < -0.4 is 0 Å². The molecule has 0 aromatic rings. The van der Waals surface area contributed by atoms with Gasteiger partial charge >= 0.3 is 35.8 Å². The topological polar surface area (TPSA) is 158 Å². The molecule has 0 spiro atoms. The monoisotopic (exact) mass is 1150 g/mol. The molecule has 480 valence electrons. The fourth-order valence-corrected chi connectivity index (χ4v) is 8.51. The molecule has 12 nitrogen and oxygen atoms in total. The molecule has 0 unspecified atom stereocenters. The van der Waals surface area contributed by atoms with Crippen LogP contribution in [0.1, 0.15) is 353 Å². The molecule has 0 saturated heterocycles. The van der Waals surface area contributed by atoms with Gasteiger partial charge in [0.05, 0.1) is 39.6 Å². The Balaban J connectivity index is -0.00000113. The smallest absolute Gasteiger partial charge is 0.305 e. The first-order valence-electron chi connectivity index (χ1n) is 33.7. The van der Waals surface area contributed by atoms with Gasteiger partial charge in [0.15, 0.2) is 0 Å². The third-order valence-corrected chi connectivity index (χ3v) is 14.2. The Hall–Kier alpha value is -3.18. The van der Waals surface area contributed by atoms with Crippen molar-refractivity contribution < 1.29 is 57.2 Å². The summed E-state index contributed by atoms with van der Waals surface area (Å²) in [6.07, 6.45) is 44.7. The van der Waals surface area contributed by atoms with E-state index in [1.807, 2.05) is 41.5 Å². The summed E-state index contributed by atoms with van der Waals surface area (Å²) < 4.78 is 32.2. The first kappa shape index (κ1) is 82.0. The maximum Gasteiger partial charge on any atom is 0.305 e. The van der Waals surface area contributed by atoms with Gasteiger partial charge < -0.3 is 28.4 Å². The van der Waals surface area contributed by atoms with E-state index in [0.717, 1.165) is 77.0 Å². The lowest BCUT2D eigenvalue weighted by Crippen LogP contribution is -2.28. The fraction of sp³-hybridized carbons (Fsp3) is 0.913. The zero-order valence-electron chi connectivity index (χ0n) is 55.3. The Kier molecular flexibility index (Phi) is 59.3. The van der Waals surface area contributed by atoms with Gasteiger partial charge in [-0.2, -0.15) is 0 Å². The van der Waals surface area contributed by atoms with Crippen molar-refractivity contribution in [1.82, 2.24) is 0 Å². The Labute approximate surface area is 499 Å². The minimum atomic E-state index is -0.342. The van der Waals surface area contributed by atoms with Gasteiger partial charge in [-0.1, -0.05) is 276 Å². The standard InChI is InChI=1S/C25H48O4.C23H44O4.C21H40O4/c1-5-7-9-11-13-15-17-19-23(26)28-21-25(3,4)22-29-24(27)20-18-16-14-12-10-8-6-2;1-5-7-9-11-13-15-17-21(24)26-19-23(3,4)20-27-22(25)18-16-14-12-10-8-6-2;1-5-7-9-11-13-15-19(22)24-17-21(3,4)18-25-20(23)16-14-12-10-8-6-2/h5-22H2,1-4H3;5-20H2,1-4H3;5-18H2,1-4H3. The van der Waals surface area contributed by atoms with E-state index >= 15 is 0 Å². The maximum atomic E-state index is 11.9. The highest BCUT2D eigenvalue weighted by Crippen LogP contribution is 2.21. The first-order valence-corrected chi connectivity index (χ1v) is 33.7. The van der Waals surface area contributed by atoms with Gasteiger partial charge in [-0.05, 0) is 38.5 Å². The number of hydrogen-bond donors (Lipinski definition) is 0. The van der Waals surface area contributed by atoms with Gasteiger partial charge in [0, 0.05) is 54.8 Å². The van der Waals surface area contributed by atoms with Gasteiger partial charge in [0.25, 0.3) is 0 Å². The van der Waals surface area contributed by atoms with E-state index in [9.17, 15) is 28.8 Å². The van der Waals surface area contributed by atoms with Crippen molar-refractivity contribution in [1.29, 1.82) is 0 Å². The van der Waals surface area contributed by atoms with Crippen LogP contribution in [-0.4, -0.2) is 75.5 Å². The average Bonchev–Trinajstić information content (AvgIpc) is 3.43. The summed E-state index contributed by atoms with van der Waals surface area (Å²) in [6.45, 7) is 26.7. The summed E-state index contributed by atoms with van der Waals surface area (Å²) in [5.41, 5.74) is -1.02. The van der Waals surface area contributed by atoms with Crippen LogP contribution in [0.3, 0.4) is 0 Å². The molecule has 0 rings (SSSR count). The molecule has 0 aliphatic heterocycles. The van der Waals surface area contributed by atoms with Crippen LogP contribution in [0.25, 0.3) is 0 Å². The van der Waals surface area contributed by atoms with Gasteiger partial charge in [-0.25, -0.2) is 0 Å². The molecule has 12 heteroatoms. The molecule has 0 heterocycles. The summed E-state index contributed by atoms with van der Waals surface area (Å²) in [6, 6.07) is 0. The second-order valence-electron chi connectivity index (χ2n) is 25.6. The summed E-state index contributed by atoms with van der Waals surface area (Å²) in [5, 5.41) is 0. The normalized spacial score (nSPS) is 11.4. The minimum Gasteiger partial charge on any atom is -0.465 e. The third kappa shape index (κ3) is 65.8. The Bertz CT molecular complexity index is 1370. The second-order valence-corrected chi connectivity index (χ2v) is 25.6. The van der Waals surface area contributed by atoms with E-state index < -0.39 is 0 Å². The van der Waals surface area contributed by atoms with E-state index in [2.05, 4.69) is 41.5 Å². The average molecular weight is 1150 g/mol. The Morgan fingerprint density at radius 1 is 0.198 bits per heavy atom. The minimum absolute atomic E-state index is 0.138. The van der Waals surface area contributed by atoms with Crippen LogP contribution >= 0.6 is 0 Å². The van der Waals surface area contributed by atoms with Crippen molar-refractivity contribution in [2.45, 2.75) is 353 Å². The fourth-order valence-electron chi connectivity index (χ4n) is 8.51. The lowest BCUT2D eigenvalue weighted by molar-refractivity contribution is -0.154. The second kappa shape index (κ2) is 58.6. The quantitative estimate of drug-likeness (QED) is 0.0323. The van der Waals surface area contributed by atoms with Crippen molar-refractivity contribution in [2.24, 2.45) is 16.2 Å². The van der Waals surface area contributed by atoms with E-state index in [4.69, 9.17) is 28.4 Å². The van der Waals surface area contributed by atoms with Gasteiger partial charge in [0.1, 0.15) is 0 Å². The number of esters is 6. The molecule has 0 fully saturated rings. The SMILES string of the molecule is CCCCCCCC(=O)OCC(C)(C)COC(=O)CCCCCCC.CCCCCCCCC(=O)OCC(C)(C)COC(=O)CCCCCCCC.CCCCCCCCCC(=O)OCC(C)(C)COC(=O)CCCCCCCCC. The van der Waals surface area contributed by atoms with Crippen molar-refractivity contribution in [3.8, 4) is 0 Å². The molecule has 0 radical (unpaired) electrons. The maximum absolute atomic E-state index is 11.9. The lowest BCUT2D eigenvalue weighted by Gasteiger charge is -2.23. The highest BCUT2D eigenvalue weighted by Gasteiger charge is 2.25. The van der Waals surface area contributed by atoms with Crippen LogP contribution in [0.2, 0.25) is 0 Å². The first-order chi connectivity index (χ1) is 38.7. The van der Waals surface area contributed by atoms with Gasteiger partial charge in [0.2, 0.25) is 0 Å². The number of rotatable bonds is 54. The Morgan fingerprint density at radius 2 is 0.309 bits per heavy atom. The van der Waals surface area contributed by atoms with E-state index in [1.165, 1.54) is 154 Å². The third-order valence-electron chi connectivity index (χ3n) is 14.2. The van der Waals surface area contributed by atoms with Crippen LogP contribution in [0.15, 0.2) is 0 Å². The van der Waals surface area contributed by atoms with Crippen molar-refractivity contribution in [3.63, 3.8) is 0 Å². The number of unbranched alkanes of at least 4 members (excludes halogenated alkanes) is 30. The molecule has 0 aliphatic rings. The van der Waals surface area contributed by atoms with Crippen molar-refractivity contribution in [3.05, 3.63) is 0 Å². The molecule has 81 heavy (non-hydrogen) atoms. The highest BCUT2D eigenvalue weighted by atomic mass is 16.6. The summed E-state index contributed by atoms with van der Waals surface area (Å²) in [5.74, 6) is -0.852. The van der Waals surface area contributed by atoms with E-state index in [1.54, 1.807) is 0 Å². The van der Waals surface area contributed by atoms with Crippen molar-refractivity contribution >= 4 is 35.8 Å². The summed E-state index contributed by atoms with van der Waals surface area (Å²) >= 11 is 0. The molecule has 0 amide bonds. The molecule has 0 aromatic heterocycles. The molecular weight excluding hydrogens is 1020 g/mol. The molecule has 0 bridgehead atoms. The van der Waals surface area contributed by atoms with Crippen LogP contribution in [0, 0.1) is 16.2 Å². The largest absolute Gasteiger partial charge is 0.465 e. The zero-order valence-corrected chi connectivity index (χ0v) is 55.3. The lowest BCUT2D eigenvalue weighted by atomic mass is 9.96. The van der Waals surface area contributed by atoms with Crippen LogP contribution in [0.4, 0.5) is 0 Å². The highest BCUT2D eigenvalue weighted by molar-refractivity contribution is 5.71. The van der Waals surface area contributed by atoms with Crippen LogP contribution in [0.5, 0.6) is 0 Å². The predicted molar refractivity (Wildman–Crippen MR) is 335 cm³/mol. The number of hydrogen-bond acceptors (Lipinski definition) is 12. The number of ether oxygens (including phenoxy) is 6. The predicted octanol–water partition coefficient (Wildman–Crippen LogP) is 19.8. The van der Waals surface area contributed by atoms with Gasteiger partial charge in [-0.3, -0.25) is 28.8 Å². The van der Waals surface area contributed by atoms with Crippen molar-refractivity contribution in [2.75, 3.05) is 39.6 Å². The molecule has 0 atom stereocenters.